The summed E-state index contributed by atoms with van der Waals surface area (Å²) in [6, 6.07) is 7.47. The van der Waals surface area contributed by atoms with Gasteiger partial charge in [0.05, 0.1) is 24.8 Å². The van der Waals surface area contributed by atoms with Crippen molar-refractivity contribution in [2.45, 2.75) is 50.5 Å². The molecule has 3 fully saturated rings. The number of benzene rings is 1. The first-order chi connectivity index (χ1) is 13.8. The predicted molar refractivity (Wildman–Crippen MR) is 108 cm³/mol. The number of methoxy groups -OCH3 is 1. The van der Waals surface area contributed by atoms with Gasteiger partial charge in [-0.25, -0.2) is 0 Å². The maximum absolute atomic E-state index is 12.0. The number of hydrogen-bond acceptors (Lipinski definition) is 7. The molecule has 2 aromatic rings. The Morgan fingerprint density at radius 3 is 2.79 bits per heavy atom. The Labute approximate surface area is 170 Å². The molecule has 3 aliphatic heterocycles. The summed E-state index contributed by atoms with van der Waals surface area (Å²) < 4.78 is 11.2. The quantitative estimate of drug-likeness (QED) is 0.742. The Bertz CT molecular complexity index is 917. The number of carbonyl (C=O) groups excluding carboxylic acids is 1. The van der Waals surface area contributed by atoms with Gasteiger partial charge < -0.3 is 19.7 Å². The second-order valence-corrected chi connectivity index (χ2v) is 8.24. The zero-order valence-corrected chi connectivity index (χ0v) is 17.0. The molecule has 2 bridgehead atoms. The highest BCUT2D eigenvalue weighted by Crippen LogP contribution is 2.46. The largest absolute Gasteiger partial charge is 0.497 e. The zero-order chi connectivity index (χ0) is 20.8. The third-order valence-corrected chi connectivity index (χ3v) is 6.58. The lowest BCUT2D eigenvalue weighted by atomic mass is 9.68. The van der Waals surface area contributed by atoms with E-state index in [0.717, 1.165) is 29.4 Å². The highest BCUT2D eigenvalue weighted by atomic mass is 16.5. The van der Waals surface area contributed by atoms with E-state index in [0.29, 0.717) is 18.7 Å². The van der Waals surface area contributed by atoms with Crippen molar-refractivity contribution >= 4 is 16.9 Å². The fraction of sp³-hybridized carbons (Fsp3) is 0.545. The summed E-state index contributed by atoms with van der Waals surface area (Å²) in [4.78, 5) is 18.6. The van der Waals surface area contributed by atoms with Crippen LogP contribution in [0.2, 0.25) is 0 Å². The van der Waals surface area contributed by atoms with Gasteiger partial charge in [-0.2, -0.15) is 0 Å². The van der Waals surface area contributed by atoms with Gasteiger partial charge in [-0.1, -0.05) is 0 Å². The summed E-state index contributed by atoms with van der Waals surface area (Å²) in [5.74, 6) is 0.316. The third kappa shape index (κ3) is 3.47. The molecule has 0 saturated carbocycles. The van der Waals surface area contributed by atoms with E-state index in [1.54, 1.807) is 20.2 Å². The average Bonchev–Trinajstić information content (AvgIpc) is 2.71. The van der Waals surface area contributed by atoms with Gasteiger partial charge in [-0.3, -0.25) is 14.7 Å². The number of pyridine rings is 1. The first kappa shape index (κ1) is 20.1. The van der Waals surface area contributed by atoms with Gasteiger partial charge >= 0.3 is 5.97 Å². The van der Waals surface area contributed by atoms with Crippen molar-refractivity contribution in [1.29, 1.82) is 0 Å². The smallest absolute Gasteiger partial charge is 0.303 e. The van der Waals surface area contributed by atoms with E-state index in [2.05, 4.69) is 9.88 Å². The Hall–Kier alpha value is -2.22. The second kappa shape index (κ2) is 7.55. The number of aliphatic hydroxyl groups is 2. The average molecular weight is 400 g/mol. The monoisotopic (exact) mass is 400 g/mol. The summed E-state index contributed by atoms with van der Waals surface area (Å²) >= 11 is 0. The summed E-state index contributed by atoms with van der Waals surface area (Å²) in [5, 5.41) is 22.0. The van der Waals surface area contributed by atoms with Crippen LogP contribution in [0, 0.1) is 5.92 Å². The molecule has 0 spiro atoms. The normalized spacial score (nSPS) is 30.7. The maximum Gasteiger partial charge on any atom is 0.303 e. The number of esters is 1. The molecule has 0 aliphatic carbocycles. The molecule has 1 aromatic heterocycles. The highest BCUT2D eigenvalue weighted by molar-refractivity contribution is 5.84. The molecule has 4 heterocycles. The lowest BCUT2D eigenvalue weighted by molar-refractivity contribution is -0.199. The fourth-order valence-corrected chi connectivity index (χ4v) is 4.99. The number of carbonyl (C=O) groups is 1. The Morgan fingerprint density at radius 2 is 2.17 bits per heavy atom. The van der Waals surface area contributed by atoms with Crippen LogP contribution in [0.15, 0.2) is 30.5 Å². The van der Waals surface area contributed by atoms with Gasteiger partial charge in [-0.15, -0.1) is 0 Å². The molecular formula is C22H28N2O5. The minimum absolute atomic E-state index is 0.0433. The number of aliphatic hydroxyl groups excluding tert-OH is 1. The molecule has 0 radical (unpaired) electrons. The maximum atomic E-state index is 12.0. The molecule has 1 unspecified atom stereocenters. The molecule has 5 rings (SSSR count). The lowest BCUT2D eigenvalue weighted by Crippen LogP contribution is -2.67. The van der Waals surface area contributed by atoms with Crippen molar-refractivity contribution in [3.63, 3.8) is 0 Å². The van der Waals surface area contributed by atoms with E-state index >= 15 is 0 Å². The Balaban J connectivity index is 1.76. The highest BCUT2D eigenvalue weighted by Gasteiger charge is 2.54. The molecule has 29 heavy (non-hydrogen) atoms. The van der Waals surface area contributed by atoms with Crippen LogP contribution in [0.25, 0.3) is 10.9 Å². The van der Waals surface area contributed by atoms with Gasteiger partial charge in [0, 0.05) is 30.6 Å². The topological polar surface area (TPSA) is 92.1 Å². The molecule has 2 N–H and O–H groups in total. The van der Waals surface area contributed by atoms with Crippen LogP contribution < -0.4 is 4.74 Å². The van der Waals surface area contributed by atoms with Crippen LogP contribution >= 0.6 is 0 Å². The molecule has 6 atom stereocenters. The number of fused-ring (bicyclic) bond motifs is 4. The first-order valence-corrected chi connectivity index (χ1v) is 10.1. The van der Waals surface area contributed by atoms with Crippen LogP contribution in [0.3, 0.4) is 0 Å². The molecule has 0 amide bonds. The van der Waals surface area contributed by atoms with Gasteiger partial charge in [0.1, 0.15) is 17.5 Å². The van der Waals surface area contributed by atoms with Gasteiger partial charge in [0.25, 0.3) is 0 Å². The number of piperidine rings is 3. The van der Waals surface area contributed by atoms with Crippen molar-refractivity contribution in [2.24, 2.45) is 5.92 Å². The summed E-state index contributed by atoms with van der Waals surface area (Å²) in [6.45, 7) is 4.22. The fourth-order valence-electron chi connectivity index (χ4n) is 4.99. The number of nitrogens with zero attached hydrogens (tertiary/aromatic N) is 2. The van der Waals surface area contributed by atoms with E-state index in [4.69, 9.17) is 9.47 Å². The van der Waals surface area contributed by atoms with Crippen molar-refractivity contribution in [3.8, 4) is 5.75 Å². The van der Waals surface area contributed by atoms with Gasteiger partial charge in [-0.05, 0) is 56.5 Å². The molecule has 1 aromatic carbocycles. The predicted octanol–water partition coefficient (Wildman–Crippen LogP) is 2.05. The molecule has 7 nitrogen and oxygen atoms in total. The number of hydrogen-bond donors (Lipinski definition) is 2. The van der Waals surface area contributed by atoms with Gasteiger partial charge in [0.15, 0.2) is 0 Å². The van der Waals surface area contributed by atoms with E-state index in [1.807, 2.05) is 24.3 Å². The van der Waals surface area contributed by atoms with Crippen molar-refractivity contribution in [3.05, 3.63) is 36.0 Å². The minimum Gasteiger partial charge on any atom is -0.497 e. The minimum atomic E-state index is -1.13. The van der Waals surface area contributed by atoms with E-state index < -0.39 is 17.8 Å². The van der Waals surface area contributed by atoms with Crippen molar-refractivity contribution in [2.75, 3.05) is 20.2 Å². The molecule has 7 heteroatoms. The Morgan fingerprint density at radius 1 is 1.38 bits per heavy atom. The summed E-state index contributed by atoms with van der Waals surface area (Å²) in [7, 11) is 1.61. The first-order valence-electron chi connectivity index (χ1n) is 10.1. The Kier molecular flexibility index (Phi) is 5.23. The third-order valence-electron chi connectivity index (χ3n) is 6.58. The summed E-state index contributed by atoms with van der Waals surface area (Å²) in [6.07, 6.45) is 1.88. The lowest BCUT2D eigenvalue weighted by Gasteiger charge is -2.56. The van der Waals surface area contributed by atoms with E-state index in [1.165, 1.54) is 6.92 Å². The van der Waals surface area contributed by atoms with Crippen LogP contribution in [0.5, 0.6) is 5.75 Å². The van der Waals surface area contributed by atoms with Crippen LogP contribution in [0.4, 0.5) is 0 Å². The van der Waals surface area contributed by atoms with Crippen molar-refractivity contribution < 1.29 is 24.5 Å². The molecule has 156 valence electrons. The zero-order valence-electron chi connectivity index (χ0n) is 17.0. The van der Waals surface area contributed by atoms with E-state index in [-0.39, 0.29) is 17.9 Å². The molecule has 3 aliphatic rings. The number of aromatic nitrogens is 1. The molecule has 3 saturated heterocycles. The number of ether oxygens (including phenoxy) is 2. The van der Waals surface area contributed by atoms with Gasteiger partial charge in [0.2, 0.25) is 0 Å². The van der Waals surface area contributed by atoms with Crippen LogP contribution in [-0.4, -0.2) is 64.0 Å². The standard InChI is InChI=1S/C22H28N2O5/c1-13(25)22(27)12-24-9-7-15(22)10-20(24)21(29-14(2)26)17-6-8-23-19-5-4-16(28-3)11-18(17)19/h4-6,8,11,13,15,20-21,25,27H,7,9-10,12H2,1-3H3/t13-,15-,20+,21-,22-/m0/s1. The number of rotatable bonds is 5. The summed E-state index contributed by atoms with van der Waals surface area (Å²) in [5.41, 5.74) is 0.554. The molecular weight excluding hydrogens is 372 g/mol. The van der Waals surface area contributed by atoms with Crippen LogP contribution in [-0.2, 0) is 9.53 Å². The van der Waals surface area contributed by atoms with Crippen LogP contribution in [0.1, 0.15) is 38.4 Å². The SMILES string of the molecule is COc1ccc2nccc([C@H](OC(C)=O)[C@H]3C[C@@H]4CCN3C[C@]4(O)[C@H](C)O)c2c1. The van der Waals surface area contributed by atoms with E-state index in [9.17, 15) is 15.0 Å². The second-order valence-electron chi connectivity index (χ2n) is 8.24. The van der Waals surface area contributed by atoms with Crippen molar-refractivity contribution in [1.82, 2.24) is 9.88 Å².